The Morgan fingerprint density at radius 3 is 2.40 bits per heavy atom. The van der Waals surface area contributed by atoms with Crippen LogP contribution in [0.15, 0.2) is 48.7 Å². The van der Waals surface area contributed by atoms with Crippen LogP contribution in [0.2, 0.25) is 0 Å². The predicted octanol–water partition coefficient (Wildman–Crippen LogP) is 7.26. The number of imide groups is 1. The number of hydrogen-bond acceptors (Lipinski definition) is 11. The Hall–Kier alpha value is -5.95. The van der Waals surface area contributed by atoms with Gasteiger partial charge in [-0.1, -0.05) is 24.1 Å². The number of fused-ring (bicyclic) bond motifs is 4. The van der Waals surface area contributed by atoms with Crippen molar-refractivity contribution < 1.29 is 28.2 Å². The molecule has 5 aliphatic heterocycles. The molecule has 2 aromatic heterocycles. The maximum absolute atomic E-state index is 17.1. The summed E-state index contributed by atoms with van der Waals surface area (Å²) in [6.07, 6.45) is 16.4. The number of ether oxygens (including phenoxy) is 1. The number of terminal acetylenes is 1. The lowest BCUT2D eigenvalue weighted by atomic mass is 9.87. The minimum atomic E-state index is -0.719. The number of nitrogens with one attached hydrogen (secondary N) is 2. The lowest BCUT2D eigenvalue weighted by Gasteiger charge is -2.38. The van der Waals surface area contributed by atoms with E-state index in [1.807, 2.05) is 13.0 Å². The molecule has 15 heteroatoms. The average Bonchev–Trinajstić information content (AvgIpc) is 4.01. The molecular weight excluding hydrogens is 853 g/mol. The number of nitrogens with zero attached hydrogens (tertiary/aromatic N) is 7. The number of phenolic OH excluding ortho intramolecular Hbond substituents is 1. The topological polar surface area (TPSA) is 139 Å². The summed E-state index contributed by atoms with van der Waals surface area (Å²) in [6, 6.07) is 12.4. The maximum atomic E-state index is 17.1. The minimum absolute atomic E-state index is 0.0186. The van der Waals surface area contributed by atoms with Crippen molar-refractivity contribution in [2.75, 3.05) is 75.3 Å². The average molecular weight is 910 g/mol. The third-order valence-corrected chi connectivity index (χ3v) is 15.5. The number of urea groups is 1. The van der Waals surface area contributed by atoms with E-state index in [-0.39, 0.29) is 51.5 Å². The van der Waals surface area contributed by atoms with Crippen LogP contribution in [0.4, 0.5) is 25.1 Å². The molecule has 2 bridgehead atoms. The highest BCUT2D eigenvalue weighted by Crippen LogP contribution is 2.47. The molecule has 3 aromatic carbocycles. The van der Waals surface area contributed by atoms with E-state index in [0.29, 0.717) is 78.6 Å². The van der Waals surface area contributed by atoms with Gasteiger partial charge in [0.1, 0.15) is 28.6 Å². The molecule has 0 radical (unpaired) electrons. The number of aromatic nitrogens is 3. The molecule has 1 aliphatic carbocycles. The molecule has 348 valence electrons. The fourth-order valence-corrected chi connectivity index (χ4v) is 11.6. The highest BCUT2D eigenvalue weighted by molar-refractivity contribution is 6.06. The van der Waals surface area contributed by atoms with Gasteiger partial charge in [-0.2, -0.15) is 9.97 Å². The first-order chi connectivity index (χ1) is 32.5. The van der Waals surface area contributed by atoms with Gasteiger partial charge < -0.3 is 29.9 Å². The van der Waals surface area contributed by atoms with E-state index in [1.165, 1.54) is 29.8 Å². The Morgan fingerprint density at radius 1 is 0.925 bits per heavy atom. The lowest BCUT2D eigenvalue weighted by Crippen LogP contribution is -2.51. The Labute approximate surface area is 389 Å². The molecule has 1 saturated carbocycles. The van der Waals surface area contributed by atoms with Gasteiger partial charge in [0, 0.05) is 79.5 Å². The number of aromatic hydroxyl groups is 1. The molecule has 11 rings (SSSR count). The molecule has 5 aromatic rings. The van der Waals surface area contributed by atoms with Crippen LogP contribution in [0, 0.1) is 42.2 Å². The standard InChI is InChI=1S/C52H57F2N9O4/c1-3-39-42(53)8-4-35-23-38(64)24-40(45(35)39)47-46(54)48-41(25-55-47)49(62-27-36-6-7-37(28-62)56-36)59-50(58-48)67-30-52(15-16-52)29-61-17-10-32(11-18-61)26-60-19-12-33(13-20-60)34-5-9-43(31(2)22-34)63-21-14-44(65)57-51(63)66/h1,4-5,8-9,22-25,32-33,36-37,56,64H,6-7,10-21,26-30H2,2H3,(H,57,65,66). The predicted molar refractivity (Wildman–Crippen MR) is 253 cm³/mol. The molecule has 6 aliphatic rings. The van der Waals surface area contributed by atoms with Crippen LogP contribution in [0.25, 0.3) is 32.9 Å². The zero-order chi connectivity index (χ0) is 46.0. The zero-order valence-corrected chi connectivity index (χ0v) is 38.0. The first-order valence-electron chi connectivity index (χ1n) is 24.1. The van der Waals surface area contributed by atoms with Crippen molar-refractivity contribution in [2.45, 2.75) is 82.7 Å². The van der Waals surface area contributed by atoms with E-state index < -0.39 is 11.6 Å². The van der Waals surface area contributed by atoms with Crippen LogP contribution in [0.5, 0.6) is 11.8 Å². The number of amides is 3. The first kappa shape index (κ1) is 43.6. The van der Waals surface area contributed by atoms with Gasteiger partial charge in [0.2, 0.25) is 5.91 Å². The number of piperidine rings is 2. The molecule has 5 saturated heterocycles. The number of anilines is 2. The summed E-state index contributed by atoms with van der Waals surface area (Å²) in [5.74, 6) is 2.48. The Kier molecular flexibility index (Phi) is 11.5. The molecule has 3 amide bonds. The van der Waals surface area contributed by atoms with Crippen molar-refractivity contribution in [3.63, 3.8) is 0 Å². The summed E-state index contributed by atoms with van der Waals surface area (Å²) < 4.78 is 38.6. The second-order valence-corrected chi connectivity index (χ2v) is 20.1. The van der Waals surface area contributed by atoms with Crippen molar-refractivity contribution in [1.29, 1.82) is 0 Å². The first-order valence-corrected chi connectivity index (χ1v) is 24.1. The number of carbonyl (C=O) groups excluding carboxylic acids is 2. The molecule has 2 atom stereocenters. The van der Waals surface area contributed by atoms with Gasteiger partial charge in [-0.3, -0.25) is 20.0 Å². The fraction of sp³-hybridized carbons (Fsp3) is 0.481. The third kappa shape index (κ3) is 8.64. The van der Waals surface area contributed by atoms with Crippen molar-refractivity contribution >= 4 is 45.1 Å². The largest absolute Gasteiger partial charge is 0.508 e. The molecular formula is C52H57F2N9O4. The van der Waals surface area contributed by atoms with Crippen LogP contribution in [0.1, 0.15) is 80.4 Å². The number of phenols is 1. The number of hydrogen-bond donors (Lipinski definition) is 3. The molecule has 0 spiro atoms. The van der Waals surface area contributed by atoms with Gasteiger partial charge in [0.15, 0.2) is 5.82 Å². The van der Waals surface area contributed by atoms with Crippen LogP contribution in [-0.4, -0.2) is 119 Å². The summed E-state index contributed by atoms with van der Waals surface area (Å²) in [5, 5.41) is 18.0. The van der Waals surface area contributed by atoms with Crippen LogP contribution >= 0.6 is 0 Å². The summed E-state index contributed by atoms with van der Waals surface area (Å²) in [6.45, 7) is 10.7. The summed E-state index contributed by atoms with van der Waals surface area (Å²) in [4.78, 5) is 47.5. The van der Waals surface area contributed by atoms with Crippen molar-refractivity contribution in [2.24, 2.45) is 11.3 Å². The monoisotopic (exact) mass is 909 g/mol. The Morgan fingerprint density at radius 2 is 1.69 bits per heavy atom. The van der Waals surface area contributed by atoms with E-state index in [0.717, 1.165) is 102 Å². The smallest absolute Gasteiger partial charge is 0.328 e. The number of aryl methyl sites for hydroxylation is 1. The van der Waals surface area contributed by atoms with Crippen molar-refractivity contribution in [3.8, 4) is 35.4 Å². The number of piperazine rings is 1. The van der Waals surface area contributed by atoms with Crippen LogP contribution in [-0.2, 0) is 4.79 Å². The summed E-state index contributed by atoms with van der Waals surface area (Å²) >= 11 is 0. The second kappa shape index (κ2) is 17.6. The number of benzene rings is 3. The van der Waals surface area contributed by atoms with Gasteiger partial charge in [0.25, 0.3) is 0 Å². The normalized spacial score (nSPS) is 22.7. The van der Waals surface area contributed by atoms with E-state index in [9.17, 15) is 14.7 Å². The lowest BCUT2D eigenvalue weighted by molar-refractivity contribution is -0.120. The number of carbonyl (C=O) groups is 2. The Bertz CT molecular complexity index is 2800. The number of pyridine rings is 1. The maximum Gasteiger partial charge on any atom is 0.328 e. The van der Waals surface area contributed by atoms with Gasteiger partial charge in [0.05, 0.1) is 17.6 Å². The molecule has 7 heterocycles. The fourth-order valence-electron chi connectivity index (χ4n) is 11.6. The van der Waals surface area contributed by atoms with Crippen LogP contribution < -0.4 is 25.2 Å². The molecule has 2 unspecified atom stereocenters. The van der Waals surface area contributed by atoms with Crippen molar-refractivity contribution in [1.82, 2.24) is 35.4 Å². The molecule has 67 heavy (non-hydrogen) atoms. The van der Waals surface area contributed by atoms with E-state index in [1.54, 1.807) is 11.1 Å². The number of likely N-dealkylation sites (tertiary alicyclic amines) is 2. The minimum Gasteiger partial charge on any atom is -0.508 e. The molecule has 6 fully saturated rings. The van der Waals surface area contributed by atoms with Gasteiger partial charge in [-0.25, -0.2) is 13.6 Å². The SMILES string of the molecule is C#Cc1c(F)ccc2cc(O)cc(-c3ncc4c(N5CC6CCC(C5)N6)nc(OCC5(CN6CCC(CN7CCC(c8ccc(N9CCC(=O)NC9=O)c(C)c8)CC7)CC6)CC5)nc4c3F)c12. The number of rotatable bonds is 11. The Balaban J connectivity index is 0.738. The highest BCUT2D eigenvalue weighted by atomic mass is 19.1. The van der Waals surface area contributed by atoms with E-state index in [2.05, 4.69) is 48.4 Å². The third-order valence-electron chi connectivity index (χ3n) is 15.5. The van der Waals surface area contributed by atoms with Gasteiger partial charge in [-0.05, 0) is 137 Å². The van der Waals surface area contributed by atoms with Gasteiger partial charge >= 0.3 is 12.0 Å². The summed E-state index contributed by atoms with van der Waals surface area (Å²) in [5.41, 5.74) is 3.35. The van der Waals surface area contributed by atoms with Gasteiger partial charge in [-0.15, -0.1) is 6.42 Å². The quantitative estimate of drug-likeness (QED) is 0.116. The summed E-state index contributed by atoms with van der Waals surface area (Å²) in [7, 11) is 0. The van der Waals surface area contributed by atoms with E-state index >= 15 is 8.78 Å². The number of halogens is 2. The highest BCUT2D eigenvalue weighted by Gasteiger charge is 2.46. The van der Waals surface area contributed by atoms with E-state index in [4.69, 9.17) is 21.1 Å². The van der Waals surface area contributed by atoms with Crippen molar-refractivity contribution in [3.05, 3.63) is 77.0 Å². The zero-order valence-electron chi connectivity index (χ0n) is 38.0. The molecule has 3 N–H and O–H groups in total. The molecule has 13 nitrogen and oxygen atoms in total. The second-order valence-electron chi connectivity index (χ2n) is 20.1. The van der Waals surface area contributed by atoms with Crippen LogP contribution in [0.3, 0.4) is 0 Å².